The van der Waals surface area contributed by atoms with Gasteiger partial charge < -0.3 is 9.47 Å². The van der Waals surface area contributed by atoms with E-state index in [2.05, 4.69) is 216 Å². The summed E-state index contributed by atoms with van der Waals surface area (Å²) in [4.78, 5) is 2.40. The Kier molecular flexibility index (Phi) is 6.90. The van der Waals surface area contributed by atoms with E-state index in [1.165, 1.54) is 87.4 Å². The fourth-order valence-corrected chi connectivity index (χ4v) is 8.58. The first kappa shape index (κ1) is 30.5. The van der Waals surface area contributed by atoms with Gasteiger partial charge in [-0.1, -0.05) is 140 Å². The van der Waals surface area contributed by atoms with Gasteiger partial charge in [-0.3, -0.25) is 0 Å². The van der Waals surface area contributed by atoms with Gasteiger partial charge in [0.15, 0.2) is 0 Å². The molecule has 0 unspecified atom stereocenters. The first-order valence-corrected chi connectivity index (χ1v) is 18.6. The molecule has 1 aromatic heterocycles. The number of hydrogen-bond donors (Lipinski definition) is 0. The third-order valence-electron chi connectivity index (χ3n) is 11.0. The van der Waals surface area contributed by atoms with Gasteiger partial charge in [0, 0.05) is 33.2 Å². The van der Waals surface area contributed by atoms with Gasteiger partial charge in [-0.2, -0.15) is 0 Å². The molecule has 2 nitrogen and oxygen atoms in total. The lowest BCUT2D eigenvalue weighted by molar-refractivity contribution is 1.18. The van der Waals surface area contributed by atoms with Gasteiger partial charge in [0.25, 0.3) is 0 Å². The van der Waals surface area contributed by atoms with E-state index in [1.54, 1.807) is 0 Å². The van der Waals surface area contributed by atoms with Gasteiger partial charge in [-0.15, -0.1) is 0 Å². The molecule has 2 heteroatoms. The van der Waals surface area contributed by atoms with Crippen molar-refractivity contribution in [3.05, 3.63) is 205 Å². The zero-order valence-corrected chi connectivity index (χ0v) is 29.5. The summed E-state index contributed by atoms with van der Waals surface area (Å²) in [6, 6.07) is 70.7. The summed E-state index contributed by atoms with van der Waals surface area (Å²) in [5.41, 5.74) is 9.44. The van der Waals surface area contributed by atoms with E-state index in [0.29, 0.717) is 0 Å². The SMILES string of the molecule is C(=Cc1cc2ccc3cccc4c3c2c(c1)n4-c1ccccc1)c1ccc2cc(N(c3ccccc3)c3cc4ccccc4c4ccccc34)ccc2c1. The molecule has 11 rings (SSSR count). The number of hydrogen-bond acceptors (Lipinski definition) is 1. The second-order valence-corrected chi connectivity index (χ2v) is 14.2. The van der Waals surface area contributed by atoms with Crippen molar-refractivity contribution in [2.45, 2.75) is 0 Å². The van der Waals surface area contributed by atoms with Crippen LogP contribution in [0.2, 0.25) is 0 Å². The molecular weight excluding hydrogens is 653 g/mol. The zero-order chi connectivity index (χ0) is 35.6. The van der Waals surface area contributed by atoms with E-state index in [4.69, 9.17) is 0 Å². The van der Waals surface area contributed by atoms with Gasteiger partial charge in [0.2, 0.25) is 0 Å². The lowest BCUT2D eigenvalue weighted by Crippen LogP contribution is -2.10. The average Bonchev–Trinajstić information content (AvgIpc) is 3.58. The minimum atomic E-state index is 1.13. The van der Waals surface area contributed by atoms with Crippen LogP contribution in [-0.2, 0) is 0 Å². The molecule has 10 aromatic carbocycles. The van der Waals surface area contributed by atoms with E-state index in [-0.39, 0.29) is 0 Å². The Hall–Kier alpha value is -7.16. The molecule has 11 aromatic rings. The van der Waals surface area contributed by atoms with E-state index in [0.717, 1.165) is 11.4 Å². The molecule has 0 amide bonds. The largest absolute Gasteiger partial charge is 0.310 e. The van der Waals surface area contributed by atoms with Gasteiger partial charge in [0.1, 0.15) is 0 Å². The standard InChI is InChI=1S/C52H34N2/c1-3-14-42(15-4-1)53(49-34-40-12-7-8-18-45(40)46-19-9-10-20-47(46)49)44-29-28-38-30-35(24-25-39(38)33-44)22-23-36-31-41-27-26-37-13-11-21-48-51(37)52(41)50(32-36)54(48)43-16-5-2-6-17-43/h1-34H. The van der Waals surface area contributed by atoms with Crippen LogP contribution >= 0.6 is 0 Å². The molecule has 0 saturated heterocycles. The van der Waals surface area contributed by atoms with Crippen molar-refractivity contribution in [1.82, 2.24) is 4.57 Å². The monoisotopic (exact) mass is 686 g/mol. The zero-order valence-electron chi connectivity index (χ0n) is 29.5. The van der Waals surface area contributed by atoms with Crippen molar-refractivity contribution in [3.8, 4) is 5.69 Å². The van der Waals surface area contributed by atoms with Crippen molar-refractivity contribution in [2.24, 2.45) is 0 Å². The fourth-order valence-electron chi connectivity index (χ4n) is 8.58. The Morgan fingerprint density at radius 3 is 1.85 bits per heavy atom. The molecule has 0 atom stereocenters. The van der Waals surface area contributed by atoms with Crippen LogP contribution in [0.15, 0.2) is 194 Å². The Labute approximate surface area is 313 Å². The van der Waals surface area contributed by atoms with Crippen LogP contribution in [0, 0.1) is 0 Å². The first-order valence-electron chi connectivity index (χ1n) is 18.6. The van der Waals surface area contributed by atoms with Crippen molar-refractivity contribution in [1.29, 1.82) is 0 Å². The number of para-hydroxylation sites is 2. The molecule has 252 valence electrons. The predicted molar refractivity (Wildman–Crippen MR) is 232 cm³/mol. The Bertz CT molecular complexity index is 3210. The molecule has 0 saturated carbocycles. The quantitative estimate of drug-likeness (QED) is 0.125. The minimum absolute atomic E-state index is 1.13. The average molecular weight is 687 g/mol. The van der Waals surface area contributed by atoms with Gasteiger partial charge in [-0.25, -0.2) is 0 Å². The molecule has 0 aliphatic carbocycles. The fraction of sp³-hybridized carbons (Fsp3) is 0. The molecule has 54 heavy (non-hydrogen) atoms. The van der Waals surface area contributed by atoms with Crippen LogP contribution < -0.4 is 4.90 Å². The van der Waals surface area contributed by atoms with Crippen molar-refractivity contribution >= 4 is 94.1 Å². The third kappa shape index (κ3) is 4.88. The topological polar surface area (TPSA) is 8.17 Å². The summed E-state index contributed by atoms with van der Waals surface area (Å²) in [6.07, 6.45) is 4.50. The van der Waals surface area contributed by atoms with E-state index in [9.17, 15) is 0 Å². The first-order chi connectivity index (χ1) is 26.8. The molecule has 0 spiro atoms. The summed E-state index contributed by atoms with van der Waals surface area (Å²) in [5, 5.41) is 12.6. The van der Waals surface area contributed by atoms with Gasteiger partial charge in [-0.05, 0) is 116 Å². The molecule has 0 N–H and O–H groups in total. The molecule has 0 fully saturated rings. The highest BCUT2D eigenvalue weighted by Gasteiger charge is 2.19. The summed E-state index contributed by atoms with van der Waals surface area (Å²) in [6.45, 7) is 0. The minimum Gasteiger partial charge on any atom is -0.310 e. The smallest absolute Gasteiger partial charge is 0.0553 e. The maximum absolute atomic E-state index is 2.41. The Balaban J connectivity index is 0.997. The number of benzene rings is 10. The van der Waals surface area contributed by atoms with Crippen molar-refractivity contribution in [2.75, 3.05) is 4.90 Å². The second-order valence-electron chi connectivity index (χ2n) is 14.2. The van der Waals surface area contributed by atoms with Crippen LogP contribution in [0.5, 0.6) is 0 Å². The molecule has 0 radical (unpaired) electrons. The normalized spacial score (nSPS) is 12.0. The number of rotatable bonds is 6. The highest BCUT2D eigenvalue weighted by atomic mass is 15.1. The summed E-state index contributed by atoms with van der Waals surface area (Å²) in [5.74, 6) is 0. The van der Waals surface area contributed by atoms with Crippen LogP contribution in [-0.4, -0.2) is 4.57 Å². The Morgan fingerprint density at radius 2 is 0.981 bits per heavy atom. The second kappa shape index (κ2) is 12.2. The van der Waals surface area contributed by atoms with Crippen molar-refractivity contribution in [3.63, 3.8) is 0 Å². The summed E-state index contributed by atoms with van der Waals surface area (Å²) < 4.78 is 2.41. The molecule has 1 heterocycles. The van der Waals surface area contributed by atoms with E-state index in [1.807, 2.05) is 0 Å². The van der Waals surface area contributed by atoms with Gasteiger partial charge >= 0.3 is 0 Å². The lowest BCUT2D eigenvalue weighted by Gasteiger charge is -2.28. The highest BCUT2D eigenvalue weighted by Crippen LogP contribution is 2.43. The number of anilines is 3. The number of nitrogens with zero attached hydrogens (tertiary/aromatic N) is 2. The van der Waals surface area contributed by atoms with Gasteiger partial charge in [0.05, 0.1) is 16.7 Å². The maximum Gasteiger partial charge on any atom is 0.0553 e. The van der Waals surface area contributed by atoms with E-state index < -0.39 is 0 Å². The molecule has 0 aliphatic rings. The molecular formula is C52H34N2. The Morgan fingerprint density at radius 1 is 0.352 bits per heavy atom. The van der Waals surface area contributed by atoms with Crippen LogP contribution in [0.3, 0.4) is 0 Å². The van der Waals surface area contributed by atoms with Crippen LogP contribution in [0.1, 0.15) is 11.1 Å². The van der Waals surface area contributed by atoms with Crippen molar-refractivity contribution < 1.29 is 0 Å². The highest BCUT2D eigenvalue weighted by molar-refractivity contribution is 6.24. The maximum atomic E-state index is 2.41. The molecule has 0 aliphatic heterocycles. The number of fused-ring (bicyclic) bond motifs is 4. The summed E-state index contributed by atoms with van der Waals surface area (Å²) in [7, 11) is 0. The molecule has 0 bridgehead atoms. The lowest BCUT2D eigenvalue weighted by atomic mass is 9.98. The predicted octanol–water partition coefficient (Wildman–Crippen LogP) is 14.5. The van der Waals surface area contributed by atoms with E-state index >= 15 is 0 Å². The van der Waals surface area contributed by atoms with Crippen LogP contribution in [0.4, 0.5) is 17.1 Å². The third-order valence-corrected chi connectivity index (χ3v) is 11.0. The summed E-state index contributed by atoms with van der Waals surface area (Å²) >= 11 is 0. The van der Waals surface area contributed by atoms with Crippen LogP contribution in [0.25, 0.3) is 82.7 Å². The number of aromatic nitrogens is 1.